The van der Waals surface area contributed by atoms with Crippen LogP contribution in [0.3, 0.4) is 0 Å². The molecule has 0 amide bonds. The fraction of sp³-hybridized carbons (Fsp3) is 0.795. The molecular weight excluding hydrogens is 573 g/mol. The third kappa shape index (κ3) is 7.86. The smallest absolute Gasteiger partial charge is 0.192 e. The van der Waals surface area contributed by atoms with Crippen molar-refractivity contribution in [3.8, 4) is 0 Å². The first-order valence-electron chi connectivity index (χ1n) is 18.0. The molecule has 0 saturated heterocycles. The minimum Gasteiger partial charge on any atom is -0.413 e. The van der Waals surface area contributed by atoms with Crippen molar-refractivity contribution in [2.24, 2.45) is 29.1 Å². The van der Waals surface area contributed by atoms with Gasteiger partial charge >= 0.3 is 0 Å². The Kier molecular flexibility index (Phi) is 10.7. The second-order valence-corrected chi connectivity index (χ2v) is 27.9. The fourth-order valence-corrected chi connectivity index (χ4v) is 10.6. The van der Waals surface area contributed by atoms with E-state index in [4.69, 9.17) is 8.85 Å². The van der Waals surface area contributed by atoms with Crippen LogP contribution in [0.5, 0.6) is 0 Å². The van der Waals surface area contributed by atoms with E-state index in [1.54, 1.807) is 5.57 Å². The number of fused-ring (bicyclic) bond motifs is 1. The molecule has 4 aliphatic carbocycles. The van der Waals surface area contributed by atoms with Crippen LogP contribution in [-0.2, 0) is 8.85 Å². The zero-order valence-electron chi connectivity index (χ0n) is 30.7. The van der Waals surface area contributed by atoms with E-state index >= 15 is 0 Å². The molecule has 44 heavy (non-hydrogen) atoms. The summed E-state index contributed by atoms with van der Waals surface area (Å²) in [6.07, 6.45) is 19.9. The number of hydrogen-bond acceptors (Lipinski definition) is 3. The van der Waals surface area contributed by atoms with E-state index < -0.39 is 16.6 Å². The Hall–Kier alpha value is -0.726. The lowest BCUT2D eigenvalue weighted by atomic mass is 9.61. The molecule has 0 aromatic carbocycles. The maximum absolute atomic E-state index is 10.5. The van der Waals surface area contributed by atoms with Gasteiger partial charge in [0.05, 0.1) is 18.3 Å². The van der Waals surface area contributed by atoms with Crippen molar-refractivity contribution < 1.29 is 14.0 Å². The highest BCUT2D eigenvalue weighted by molar-refractivity contribution is 6.74. The van der Waals surface area contributed by atoms with Crippen molar-refractivity contribution >= 4 is 16.6 Å². The van der Waals surface area contributed by atoms with E-state index in [-0.39, 0.29) is 28.4 Å². The lowest BCUT2D eigenvalue weighted by molar-refractivity contribution is 0.0969. The van der Waals surface area contributed by atoms with Crippen LogP contribution >= 0.6 is 0 Å². The molecule has 3 nitrogen and oxygen atoms in total. The maximum Gasteiger partial charge on any atom is 0.192 e. The maximum atomic E-state index is 10.5. The van der Waals surface area contributed by atoms with Gasteiger partial charge in [-0.2, -0.15) is 0 Å². The largest absolute Gasteiger partial charge is 0.413 e. The zero-order chi connectivity index (χ0) is 32.9. The molecule has 1 N–H and O–H groups in total. The quantitative estimate of drug-likeness (QED) is 0.201. The van der Waals surface area contributed by atoms with E-state index in [1.807, 2.05) is 0 Å². The number of hydrogen-bond donors (Lipinski definition) is 1. The average molecular weight is 641 g/mol. The van der Waals surface area contributed by atoms with Crippen LogP contribution in [0.4, 0.5) is 0 Å². The number of rotatable bonds is 9. The molecule has 5 heteroatoms. The van der Waals surface area contributed by atoms with Gasteiger partial charge in [0.1, 0.15) is 0 Å². The van der Waals surface area contributed by atoms with Gasteiger partial charge in [0.25, 0.3) is 0 Å². The predicted molar refractivity (Wildman–Crippen MR) is 194 cm³/mol. The fourth-order valence-electron chi connectivity index (χ4n) is 7.93. The van der Waals surface area contributed by atoms with Gasteiger partial charge in [-0.05, 0) is 128 Å². The third-order valence-electron chi connectivity index (χ3n) is 13.1. The zero-order valence-corrected chi connectivity index (χ0v) is 32.7. The van der Waals surface area contributed by atoms with E-state index in [9.17, 15) is 5.11 Å². The molecule has 0 aliphatic heterocycles. The van der Waals surface area contributed by atoms with Crippen molar-refractivity contribution in [3.63, 3.8) is 0 Å². The van der Waals surface area contributed by atoms with Crippen molar-refractivity contribution in [3.05, 3.63) is 47.6 Å². The van der Waals surface area contributed by atoms with Gasteiger partial charge in [0.15, 0.2) is 16.6 Å². The van der Waals surface area contributed by atoms with Crippen LogP contribution in [0.2, 0.25) is 36.3 Å². The summed E-state index contributed by atoms with van der Waals surface area (Å²) in [6.45, 7) is 33.2. The second kappa shape index (κ2) is 13.1. The molecule has 4 saturated carbocycles. The average Bonchev–Trinajstić information content (AvgIpc) is 3.68. The van der Waals surface area contributed by atoms with Crippen molar-refractivity contribution in [2.75, 3.05) is 0 Å². The van der Waals surface area contributed by atoms with Crippen molar-refractivity contribution in [1.29, 1.82) is 0 Å². The van der Waals surface area contributed by atoms with Crippen molar-refractivity contribution in [2.45, 2.75) is 168 Å². The minimum atomic E-state index is -1.98. The molecule has 0 radical (unpaired) electrons. The molecule has 4 fully saturated rings. The molecule has 4 aliphatic rings. The minimum absolute atomic E-state index is 0.0233. The summed E-state index contributed by atoms with van der Waals surface area (Å²) in [5.74, 6) is 2.35. The highest BCUT2D eigenvalue weighted by atomic mass is 28.4. The van der Waals surface area contributed by atoms with Crippen LogP contribution in [0.25, 0.3) is 0 Å². The Bertz CT molecular complexity index is 1130. The standard InChI is InChI=1S/C39H68O3Si2/c1-27(16-23-35(40)30-18-19-30)33-21-22-34-29(15-14-24-39(33,34)9)17-20-31-25-32(41-43(10,11)37(3,4)5)26-36(28(31)2)42-44(12,13)38(6,7)8/h16-17,20,23,27,30,32-36,40H,2,14-15,18-19,21-22,24-26H2,1,3-13H3/b23-16+,29-17+,31-20+/t27-,32-,33-,34?,35+,36+,39-/m1/s1. The number of aliphatic hydroxyl groups is 1. The van der Waals surface area contributed by atoms with Gasteiger partial charge in [-0.1, -0.05) is 91.8 Å². The second-order valence-electron chi connectivity index (χ2n) is 18.4. The molecular formula is C39H68O3Si2. The van der Waals surface area contributed by atoms with Gasteiger partial charge in [-0.25, -0.2) is 0 Å². The lowest BCUT2D eigenvalue weighted by Crippen LogP contribution is -2.49. The van der Waals surface area contributed by atoms with Crippen molar-refractivity contribution in [1.82, 2.24) is 0 Å². The Morgan fingerprint density at radius 1 is 0.909 bits per heavy atom. The van der Waals surface area contributed by atoms with E-state index in [0.717, 1.165) is 12.8 Å². The molecule has 0 heterocycles. The number of aliphatic hydroxyl groups excluding tert-OH is 1. The Labute approximate surface area is 274 Å². The molecule has 0 aromatic rings. The number of allylic oxidation sites excluding steroid dienone is 4. The topological polar surface area (TPSA) is 38.7 Å². The Morgan fingerprint density at radius 3 is 2.11 bits per heavy atom. The normalized spacial score (nSPS) is 34.2. The lowest BCUT2D eigenvalue weighted by Gasteiger charge is -2.45. The first-order chi connectivity index (χ1) is 20.2. The molecule has 0 spiro atoms. The van der Waals surface area contributed by atoms with Crippen LogP contribution in [0.1, 0.15) is 113 Å². The SMILES string of the molecule is C=C1/C(=C/C=C2\CCC[C@@]3(C)C2CC[C@@H]3[C@H](C)/C=C/[C@H](O)C2CC2)C[C@@H](O[Si](C)(C)C(C)(C)C)C[C@@H]1O[Si](C)(C)C(C)(C)C. The summed E-state index contributed by atoms with van der Waals surface area (Å²) < 4.78 is 14.2. The first kappa shape index (κ1) is 36.1. The summed E-state index contributed by atoms with van der Waals surface area (Å²) in [6, 6.07) is 0. The van der Waals surface area contributed by atoms with Crippen LogP contribution in [0.15, 0.2) is 47.6 Å². The molecule has 1 unspecified atom stereocenters. The van der Waals surface area contributed by atoms with Gasteiger partial charge in [-0.15, -0.1) is 0 Å². The first-order valence-corrected chi connectivity index (χ1v) is 23.8. The summed E-state index contributed by atoms with van der Waals surface area (Å²) in [5.41, 5.74) is 4.49. The molecule has 0 bridgehead atoms. The Balaban J connectivity index is 1.57. The highest BCUT2D eigenvalue weighted by Gasteiger charge is 2.50. The molecule has 250 valence electrons. The van der Waals surface area contributed by atoms with Gasteiger partial charge < -0.3 is 14.0 Å². The highest BCUT2D eigenvalue weighted by Crippen LogP contribution is 2.59. The third-order valence-corrected chi connectivity index (χ3v) is 22.1. The molecule has 4 rings (SSSR count). The monoisotopic (exact) mass is 640 g/mol. The van der Waals surface area contributed by atoms with Crippen LogP contribution in [0, 0.1) is 29.1 Å². The van der Waals surface area contributed by atoms with Crippen LogP contribution < -0.4 is 0 Å². The van der Waals surface area contributed by atoms with E-state index in [2.05, 4.69) is 112 Å². The molecule has 0 aromatic heterocycles. The summed E-state index contributed by atoms with van der Waals surface area (Å²) >= 11 is 0. The molecule has 7 atom stereocenters. The van der Waals surface area contributed by atoms with Crippen LogP contribution in [-0.4, -0.2) is 40.1 Å². The summed E-state index contributed by atoms with van der Waals surface area (Å²) in [7, 11) is -3.90. The summed E-state index contributed by atoms with van der Waals surface area (Å²) in [4.78, 5) is 0. The Morgan fingerprint density at radius 2 is 1.52 bits per heavy atom. The predicted octanol–water partition coefficient (Wildman–Crippen LogP) is 11.1. The summed E-state index contributed by atoms with van der Waals surface area (Å²) in [5, 5.41) is 10.8. The van der Waals surface area contributed by atoms with E-state index in [0.29, 0.717) is 29.1 Å². The van der Waals surface area contributed by atoms with Gasteiger partial charge in [0.2, 0.25) is 0 Å². The van der Waals surface area contributed by atoms with Gasteiger partial charge in [-0.3, -0.25) is 0 Å². The van der Waals surface area contributed by atoms with Gasteiger partial charge in [0, 0.05) is 6.42 Å². The van der Waals surface area contributed by atoms with E-state index in [1.165, 1.54) is 56.1 Å².